The highest BCUT2D eigenvalue weighted by Gasteiger charge is 2.33. The second kappa shape index (κ2) is 6.87. The van der Waals surface area contributed by atoms with Gasteiger partial charge in [-0.15, -0.1) is 12.4 Å². The molecule has 0 spiro atoms. The molecule has 3 heterocycles. The first-order valence-electron chi connectivity index (χ1n) is 7.45. The fraction of sp³-hybridized carbons (Fsp3) is 0.857. The molecule has 2 atom stereocenters. The van der Waals surface area contributed by atoms with E-state index in [1.807, 2.05) is 0 Å². The number of hydrogen-bond donors (Lipinski definition) is 1. The quantitative estimate of drug-likeness (QED) is 0.918. The minimum atomic E-state index is 0. The average Bonchev–Trinajstić information content (AvgIpc) is 2.97. The van der Waals surface area contributed by atoms with Gasteiger partial charge in [-0.25, -0.2) is 0 Å². The number of piperidine rings is 1. The van der Waals surface area contributed by atoms with Crippen LogP contribution in [-0.2, 0) is 13.0 Å². The van der Waals surface area contributed by atoms with Crippen LogP contribution in [0.5, 0.6) is 0 Å². The van der Waals surface area contributed by atoms with Crippen molar-refractivity contribution >= 4 is 12.4 Å². The zero-order valence-corrected chi connectivity index (χ0v) is 13.2. The number of likely N-dealkylation sites (tertiary alicyclic amines) is 1. The van der Waals surface area contributed by atoms with Crippen LogP contribution in [0.25, 0.3) is 0 Å². The summed E-state index contributed by atoms with van der Waals surface area (Å²) in [6, 6.07) is 0. The zero-order chi connectivity index (χ0) is 13.2. The number of rotatable bonds is 4. The first kappa shape index (κ1) is 15.7. The van der Waals surface area contributed by atoms with Crippen molar-refractivity contribution in [3.8, 4) is 0 Å². The van der Waals surface area contributed by atoms with Gasteiger partial charge < -0.3 is 9.84 Å². The van der Waals surface area contributed by atoms with Crippen LogP contribution in [0.3, 0.4) is 0 Å². The summed E-state index contributed by atoms with van der Waals surface area (Å²) in [6.07, 6.45) is 2.20. The third kappa shape index (κ3) is 3.71. The van der Waals surface area contributed by atoms with Gasteiger partial charge in [0.15, 0.2) is 5.82 Å². The molecule has 5 nitrogen and oxygen atoms in total. The monoisotopic (exact) mass is 300 g/mol. The van der Waals surface area contributed by atoms with Crippen LogP contribution < -0.4 is 5.32 Å². The summed E-state index contributed by atoms with van der Waals surface area (Å²) in [7, 11) is 0. The highest BCUT2D eigenvalue weighted by molar-refractivity contribution is 5.85. The van der Waals surface area contributed by atoms with Crippen molar-refractivity contribution in [3.63, 3.8) is 0 Å². The molecule has 1 N–H and O–H groups in total. The highest BCUT2D eigenvalue weighted by Crippen LogP contribution is 2.27. The normalized spacial score (nSPS) is 26.6. The van der Waals surface area contributed by atoms with Crippen LogP contribution in [0.15, 0.2) is 4.52 Å². The molecule has 0 bridgehead atoms. The third-order valence-electron chi connectivity index (χ3n) is 4.25. The number of nitrogens with zero attached hydrogens (tertiary/aromatic N) is 3. The maximum absolute atomic E-state index is 5.36. The fourth-order valence-electron chi connectivity index (χ4n) is 3.25. The van der Waals surface area contributed by atoms with Crippen LogP contribution in [0.4, 0.5) is 0 Å². The van der Waals surface area contributed by atoms with Gasteiger partial charge in [0.25, 0.3) is 0 Å². The predicted octanol–water partition coefficient (Wildman–Crippen LogP) is 1.73. The molecule has 0 aromatic carbocycles. The van der Waals surface area contributed by atoms with E-state index in [1.54, 1.807) is 0 Å². The highest BCUT2D eigenvalue weighted by atomic mass is 35.5. The van der Waals surface area contributed by atoms with Crippen molar-refractivity contribution in [1.29, 1.82) is 0 Å². The Bertz CT molecular complexity index is 423. The number of nitrogens with one attached hydrogen (secondary N) is 1. The molecular weight excluding hydrogens is 276 g/mol. The molecule has 2 fully saturated rings. The minimum Gasteiger partial charge on any atom is -0.338 e. The maximum atomic E-state index is 5.36. The Hall–Kier alpha value is -0.650. The van der Waals surface area contributed by atoms with Gasteiger partial charge in [0, 0.05) is 13.0 Å². The largest absolute Gasteiger partial charge is 0.338 e. The Morgan fingerprint density at radius 2 is 2.15 bits per heavy atom. The molecule has 1 aromatic heterocycles. The van der Waals surface area contributed by atoms with Crippen molar-refractivity contribution in [2.75, 3.05) is 26.2 Å². The molecule has 0 amide bonds. The van der Waals surface area contributed by atoms with Gasteiger partial charge >= 0.3 is 0 Å². The SMILES string of the molecule is CC(C)Cc1noc(CN2CCC3CNCC3C2)n1.Cl. The van der Waals surface area contributed by atoms with Gasteiger partial charge in [0.1, 0.15) is 0 Å². The molecule has 20 heavy (non-hydrogen) atoms. The van der Waals surface area contributed by atoms with E-state index in [1.165, 1.54) is 26.1 Å². The molecule has 2 aliphatic rings. The van der Waals surface area contributed by atoms with E-state index in [0.29, 0.717) is 5.92 Å². The topological polar surface area (TPSA) is 54.2 Å². The lowest BCUT2D eigenvalue weighted by atomic mass is 9.89. The van der Waals surface area contributed by atoms with Gasteiger partial charge in [-0.2, -0.15) is 4.98 Å². The van der Waals surface area contributed by atoms with Gasteiger partial charge in [-0.05, 0) is 43.8 Å². The lowest BCUT2D eigenvalue weighted by Gasteiger charge is -2.33. The van der Waals surface area contributed by atoms with E-state index >= 15 is 0 Å². The minimum absolute atomic E-state index is 0. The van der Waals surface area contributed by atoms with Crippen LogP contribution >= 0.6 is 12.4 Å². The summed E-state index contributed by atoms with van der Waals surface area (Å²) in [5.41, 5.74) is 0. The average molecular weight is 301 g/mol. The van der Waals surface area contributed by atoms with E-state index in [9.17, 15) is 0 Å². The molecule has 0 radical (unpaired) electrons. The third-order valence-corrected chi connectivity index (χ3v) is 4.25. The van der Waals surface area contributed by atoms with Gasteiger partial charge in [-0.3, -0.25) is 4.90 Å². The fourth-order valence-corrected chi connectivity index (χ4v) is 3.25. The molecule has 1 aromatic rings. The van der Waals surface area contributed by atoms with Crippen molar-refractivity contribution in [2.45, 2.75) is 33.2 Å². The van der Waals surface area contributed by atoms with E-state index in [4.69, 9.17) is 4.52 Å². The summed E-state index contributed by atoms with van der Waals surface area (Å²) < 4.78 is 5.36. The molecule has 2 saturated heterocycles. The molecule has 0 aliphatic carbocycles. The molecule has 3 rings (SSSR count). The van der Waals surface area contributed by atoms with E-state index in [2.05, 4.69) is 34.2 Å². The molecule has 0 saturated carbocycles. The first-order valence-corrected chi connectivity index (χ1v) is 7.45. The Balaban J connectivity index is 0.00000147. The Kier molecular flexibility index (Phi) is 5.41. The summed E-state index contributed by atoms with van der Waals surface area (Å²) in [4.78, 5) is 6.95. The molecule has 2 unspecified atom stereocenters. The summed E-state index contributed by atoms with van der Waals surface area (Å²) in [5, 5.41) is 7.56. The van der Waals surface area contributed by atoms with Gasteiger partial charge in [0.2, 0.25) is 5.89 Å². The molecular formula is C14H25ClN4O. The summed E-state index contributed by atoms with van der Waals surface area (Å²) in [6.45, 7) is 9.86. The molecule has 2 aliphatic heterocycles. The smallest absolute Gasteiger partial charge is 0.240 e. The molecule has 6 heteroatoms. The Morgan fingerprint density at radius 3 is 2.95 bits per heavy atom. The number of aromatic nitrogens is 2. The number of halogens is 1. The second-order valence-electron chi connectivity index (χ2n) is 6.40. The lowest BCUT2D eigenvalue weighted by molar-refractivity contribution is 0.128. The lowest BCUT2D eigenvalue weighted by Crippen LogP contribution is -2.39. The summed E-state index contributed by atoms with van der Waals surface area (Å²) >= 11 is 0. The van der Waals surface area contributed by atoms with E-state index in [-0.39, 0.29) is 12.4 Å². The van der Waals surface area contributed by atoms with Crippen LogP contribution in [0, 0.1) is 17.8 Å². The van der Waals surface area contributed by atoms with Crippen LogP contribution in [0.2, 0.25) is 0 Å². The first-order chi connectivity index (χ1) is 9.20. The maximum Gasteiger partial charge on any atom is 0.240 e. The van der Waals surface area contributed by atoms with Crippen LogP contribution in [0.1, 0.15) is 32.0 Å². The Labute approximate surface area is 126 Å². The predicted molar refractivity (Wildman–Crippen MR) is 79.8 cm³/mol. The van der Waals surface area contributed by atoms with Crippen molar-refractivity contribution in [1.82, 2.24) is 20.4 Å². The number of hydrogen-bond acceptors (Lipinski definition) is 5. The van der Waals surface area contributed by atoms with E-state index < -0.39 is 0 Å². The second-order valence-corrected chi connectivity index (χ2v) is 6.40. The van der Waals surface area contributed by atoms with Crippen molar-refractivity contribution < 1.29 is 4.52 Å². The van der Waals surface area contributed by atoms with Crippen molar-refractivity contribution in [3.05, 3.63) is 11.7 Å². The summed E-state index contributed by atoms with van der Waals surface area (Å²) in [5.74, 6) is 3.90. The van der Waals surface area contributed by atoms with Crippen molar-refractivity contribution in [2.24, 2.45) is 17.8 Å². The van der Waals surface area contributed by atoms with Gasteiger partial charge in [-0.1, -0.05) is 19.0 Å². The number of fused-ring (bicyclic) bond motifs is 1. The standard InChI is InChI=1S/C14H24N4O.ClH/c1-10(2)5-13-16-14(19-17-13)9-18-4-3-11-6-15-7-12(11)8-18;/h10-12,15H,3-9H2,1-2H3;1H. The van der Waals surface area contributed by atoms with Crippen LogP contribution in [-0.4, -0.2) is 41.2 Å². The van der Waals surface area contributed by atoms with E-state index in [0.717, 1.165) is 43.1 Å². The Morgan fingerprint density at radius 1 is 1.35 bits per heavy atom. The van der Waals surface area contributed by atoms with Gasteiger partial charge in [0.05, 0.1) is 6.54 Å². The zero-order valence-electron chi connectivity index (χ0n) is 12.3. The molecule has 114 valence electrons.